The van der Waals surface area contributed by atoms with Crippen molar-refractivity contribution in [1.82, 2.24) is 9.21 Å². The second-order valence-electron chi connectivity index (χ2n) is 7.30. The number of halogens is 2. The Kier molecular flexibility index (Phi) is 7.37. The maximum absolute atomic E-state index is 13.9. The van der Waals surface area contributed by atoms with Gasteiger partial charge < -0.3 is 9.84 Å². The fraction of sp³-hybridized carbons (Fsp3) is 0.381. The quantitative estimate of drug-likeness (QED) is 0.614. The van der Waals surface area contributed by atoms with Crippen molar-refractivity contribution in [2.24, 2.45) is 0 Å². The molecule has 1 heterocycles. The number of rotatable bonds is 8. The summed E-state index contributed by atoms with van der Waals surface area (Å²) in [6.45, 7) is 2.38. The first-order chi connectivity index (χ1) is 14.7. The molecule has 2 aromatic carbocycles. The molecule has 31 heavy (non-hydrogen) atoms. The van der Waals surface area contributed by atoms with E-state index in [0.29, 0.717) is 24.4 Å². The minimum atomic E-state index is -4.29. The Morgan fingerprint density at radius 1 is 1.10 bits per heavy atom. The second kappa shape index (κ2) is 9.82. The van der Waals surface area contributed by atoms with Crippen molar-refractivity contribution in [1.29, 1.82) is 0 Å². The van der Waals surface area contributed by atoms with E-state index in [1.807, 2.05) is 4.90 Å². The third-order valence-electron chi connectivity index (χ3n) is 5.00. The highest BCUT2D eigenvalue weighted by Crippen LogP contribution is 2.23. The molecule has 0 unspecified atom stereocenters. The molecule has 0 aromatic heterocycles. The Hall–Kier alpha value is -2.40. The molecule has 1 fully saturated rings. The number of piperazine rings is 1. The molecule has 0 saturated carbocycles. The van der Waals surface area contributed by atoms with Crippen LogP contribution in [-0.2, 0) is 10.0 Å². The van der Waals surface area contributed by atoms with E-state index < -0.39 is 32.7 Å². The van der Waals surface area contributed by atoms with Gasteiger partial charge in [-0.25, -0.2) is 17.2 Å². The Morgan fingerprint density at radius 2 is 1.71 bits per heavy atom. The van der Waals surface area contributed by atoms with Crippen molar-refractivity contribution in [3.05, 3.63) is 59.7 Å². The molecule has 0 spiro atoms. The highest BCUT2D eigenvalue weighted by atomic mass is 32.2. The predicted octanol–water partition coefficient (Wildman–Crippen LogP) is 1.91. The van der Waals surface area contributed by atoms with Gasteiger partial charge in [-0.1, -0.05) is 18.2 Å². The van der Waals surface area contributed by atoms with Crippen LogP contribution in [0.4, 0.5) is 8.78 Å². The van der Waals surface area contributed by atoms with Gasteiger partial charge in [-0.3, -0.25) is 9.69 Å². The lowest BCUT2D eigenvalue weighted by Crippen LogP contribution is -2.51. The minimum Gasteiger partial charge on any atom is -0.491 e. The molecule has 7 nitrogen and oxygen atoms in total. The Labute approximate surface area is 179 Å². The van der Waals surface area contributed by atoms with Crippen LogP contribution in [0.5, 0.6) is 5.75 Å². The van der Waals surface area contributed by atoms with Crippen LogP contribution in [0.3, 0.4) is 0 Å². The summed E-state index contributed by atoms with van der Waals surface area (Å²) in [7, 11) is -4.29. The van der Waals surface area contributed by atoms with Crippen LogP contribution < -0.4 is 4.74 Å². The minimum absolute atomic E-state index is 0.000306. The normalized spacial score (nSPS) is 16.8. The zero-order valence-electron chi connectivity index (χ0n) is 17.0. The number of benzene rings is 2. The highest BCUT2D eigenvalue weighted by molar-refractivity contribution is 7.89. The number of ether oxygens (including phenoxy) is 1. The number of nitrogens with zero attached hydrogens (tertiary/aromatic N) is 2. The molecule has 3 rings (SSSR count). The Morgan fingerprint density at radius 3 is 2.32 bits per heavy atom. The van der Waals surface area contributed by atoms with Crippen LogP contribution in [-0.4, -0.2) is 73.9 Å². The van der Waals surface area contributed by atoms with Gasteiger partial charge in [0.25, 0.3) is 0 Å². The fourth-order valence-electron chi connectivity index (χ4n) is 3.36. The Bertz CT molecular complexity index is 1020. The summed E-state index contributed by atoms with van der Waals surface area (Å²) in [6.07, 6.45) is -0.840. The number of carbonyl (C=O) groups excluding carboxylic acids is 1. The summed E-state index contributed by atoms with van der Waals surface area (Å²) in [4.78, 5) is 12.3. The summed E-state index contributed by atoms with van der Waals surface area (Å²) in [5, 5.41) is 10.3. The second-order valence-corrected chi connectivity index (χ2v) is 9.18. The van der Waals surface area contributed by atoms with Gasteiger partial charge in [0, 0.05) is 38.3 Å². The summed E-state index contributed by atoms with van der Waals surface area (Å²) >= 11 is 0. The smallest absolute Gasteiger partial charge is 0.249 e. The van der Waals surface area contributed by atoms with Crippen LogP contribution in [0, 0.1) is 11.6 Å². The average molecular weight is 454 g/mol. The molecule has 168 valence electrons. The number of carbonyl (C=O) groups is 1. The first-order valence-electron chi connectivity index (χ1n) is 9.77. The zero-order valence-corrected chi connectivity index (χ0v) is 17.8. The molecule has 1 atom stereocenters. The molecule has 0 radical (unpaired) electrons. The lowest BCUT2D eigenvalue weighted by atomic mass is 10.1. The third-order valence-corrected chi connectivity index (χ3v) is 6.95. The van der Waals surface area contributed by atoms with Gasteiger partial charge in [0.05, 0.1) is 0 Å². The van der Waals surface area contributed by atoms with Crippen LogP contribution in [0.25, 0.3) is 0 Å². The molecule has 1 aliphatic heterocycles. The van der Waals surface area contributed by atoms with E-state index in [0.717, 1.165) is 22.5 Å². The van der Waals surface area contributed by atoms with Gasteiger partial charge >= 0.3 is 0 Å². The van der Waals surface area contributed by atoms with E-state index in [4.69, 9.17) is 4.74 Å². The van der Waals surface area contributed by atoms with Crippen LogP contribution in [0.1, 0.15) is 17.3 Å². The molecular weight excluding hydrogens is 430 g/mol. The first-order valence-corrected chi connectivity index (χ1v) is 11.2. The topological polar surface area (TPSA) is 87.2 Å². The maximum atomic E-state index is 13.9. The highest BCUT2D eigenvalue weighted by Gasteiger charge is 2.33. The lowest BCUT2D eigenvalue weighted by Gasteiger charge is -2.34. The SMILES string of the molecule is CC(=O)c1cccc(OC[C@@H](O)CN2CCN(S(=O)(=O)c3c(F)cccc3F)CC2)c1. The van der Waals surface area contributed by atoms with Crippen molar-refractivity contribution >= 4 is 15.8 Å². The Balaban J connectivity index is 1.52. The van der Waals surface area contributed by atoms with E-state index in [-0.39, 0.29) is 32.0 Å². The monoisotopic (exact) mass is 454 g/mol. The summed E-state index contributed by atoms with van der Waals surface area (Å²) in [6, 6.07) is 9.58. The zero-order chi connectivity index (χ0) is 22.6. The number of ketones is 1. The summed E-state index contributed by atoms with van der Waals surface area (Å²) < 4.78 is 59.7. The molecule has 10 heteroatoms. The summed E-state index contributed by atoms with van der Waals surface area (Å²) in [5.41, 5.74) is 0.510. The van der Waals surface area contributed by atoms with Gasteiger partial charge in [-0.2, -0.15) is 4.31 Å². The number of aliphatic hydroxyl groups excluding tert-OH is 1. The molecule has 0 amide bonds. The van der Waals surface area contributed by atoms with Crippen molar-refractivity contribution in [3.8, 4) is 5.75 Å². The molecule has 2 aromatic rings. The standard InChI is InChI=1S/C21H24F2N2O5S/c1-15(26)16-4-2-5-18(12-16)30-14-17(27)13-24-8-10-25(11-9-24)31(28,29)21-19(22)6-3-7-20(21)23/h2-7,12,17,27H,8-11,13-14H2,1H3/t17-/m0/s1. The summed E-state index contributed by atoms with van der Waals surface area (Å²) in [5.74, 6) is -1.86. The van der Waals surface area contributed by atoms with Gasteiger partial charge in [0.2, 0.25) is 10.0 Å². The van der Waals surface area contributed by atoms with Crippen molar-refractivity contribution in [3.63, 3.8) is 0 Å². The van der Waals surface area contributed by atoms with Gasteiger partial charge in [-0.15, -0.1) is 0 Å². The number of hydrogen-bond acceptors (Lipinski definition) is 6. The number of aliphatic hydroxyl groups is 1. The van der Waals surface area contributed by atoms with E-state index >= 15 is 0 Å². The molecule has 0 aliphatic carbocycles. The maximum Gasteiger partial charge on any atom is 0.249 e. The van der Waals surface area contributed by atoms with E-state index in [2.05, 4.69) is 0 Å². The number of hydrogen-bond donors (Lipinski definition) is 1. The predicted molar refractivity (Wildman–Crippen MR) is 110 cm³/mol. The fourth-order valence-corrected chi connectivity index (χ4v) is 4.89. The molecule has 1 N–H and O–H groups in total. The number of Topliss-reactive ketones (excluding diaryl/α,β-unsaturated/α-hetero) is 1. The van der Waals surface area contributed by atoms with Gasteiger partial charge in [0.1, 0.15) is 30.1 Å². The number of β-amino-alcohol motifs (C(OH)–C–C–N with tert-alkyl or cyclic N) is 1. The van der Waals surface area contributed by atoms with Crippen molar-refractivity contribution in [2.75, 3.05) is 39.3 Å². The van der Waals surface area contributed by atoms with Crippen molar-refractivity contribution < 1.29 is 31.8 Å². The average Bonchev–Trinajstić information content (AvgIpc) is 2.72. The van der Waals surface area contributed by atoms with E-state index in [1.165, 1.54) is 6.92 Å². The molecule has 1 aliphatic rings. The van der Waals surface area contributed by atoms with Crippen LogP contribution in [0.2, 0.25) is 0 Å². The van der Waals surface area contributed by atoms with E-state index in [9.17, 15) is 27.1 Å². The number of sulfonamides is 1. The third kappa shape index (κ3) is 5.65. The van der Waals surface area contributed by atoms with Gasteiger partial charge in [-0.05, 0) is 31.2 Å². The largest absolute Gasteiger partial charge is 0.491 e. The van der Waals surface area contributed by atoms with E-state index in [1.54, 1.807) is 24.3 Å². The molecule has 1 saturated heterocycles. The first kappa shape index (κ1) is 23.3. The van der Waals surface area contributed by atoms with Gasteiger partial charge in [0.15, 0.2) is 10.7 Å². The van der Waals surface area contributed by atoms with Crippen LogP contribution >= 0.6 is 0 Å². The molecule has 0 bridgehead atoms. The molecular formula is C21H24F2N2O5S. The lowest BCUT2D eigenvalue weighted by molar-refractivity contribution is 0.0568. The van der Waals surface area contributed by atoms with Crippen LogP contribution in [0.15, 0.2) is 47.4 Å². The van der Waals surface area contributed by atoms with Crippen molar-refractivity contribution in [2.45, 2.75) is 17.9 Å².